The Balaban J connectivity index is 2.79. The zero-order chi connectivity index (χ0) is 12.8. The smallest absolute Gasteiger partial charge is 0.344 e. The topological polar surface area (TPSA) is 77.7 Å². The van der Waals surface area contributed by atoms with Gasteiger partial charge in [0.1, 0.15) is 10.6 Å². The Bertz CT molecular complexity index is 381. The molecule has 0 unspecified atom stereocenters. The van der Waals surface area contributed by atoms with E-state index in [4.69, 9.17) is 10.5 Å². The molecular weight excluding hydrogens is 242 g/mol. The van der Waals surface area contributed by atoms with E-state index in [2.05, 4.69) is 9.11 Å². The molecule has 0 fully saturated rings. The monoisotopic (exact) mass is 259 g/mol. The first-order chi connectivity index (χ1) is 8.11. The summed E-state index contributed by atoms with van der Waals surface area (Å²) in [6, 6.07) is 0. The molecule has 0 amide bonds. The van der Waals surface area contributed by atoms with Gasteiger partial charge in [0, 0.05) is 20.2 Å². The number of hydrogen-bond donors (Lipinski definition) is 1. The molecule has 1 aromatic rings. The predicted octanol–water partition coefficient (Wildman–Crippen LogP) is 0.985. The van der Waals surface area contributed by atoms with Crippen LogP contribution in [0.4, 0.5) is 10.8 Å². The average molecular weight is 259 g/mol. The Morgan fingerprint density at radius 1 is 1.59 bits per heavy atom. The summed E-state index contributed by atoms with van der Waals surface area (Å²) >= 11 is 1.18. The van der Waals surface area contributed by atoms with Crippen LogP contribution in [0.15, 0.2) is 0 Å². The highest BCUT2D eigenvalue weighted by Gasteiger charge is 2.22. The van der Waals surface area contributed by atoms with Crippen molar-refractivity contribution in [2.24, 2.45) is 0 Å². The second-order valence-electron chi connectivity index (χ2n) is 3.36. The van der Waals surface area contributed by atoms with E-state index in [1.165, 1.54) is 18.6 Å². The van der Waals surface area contributed by atoms with Crippen LogP contribution in [0.3, 0.4) is 0 Å². The molecule has 0 aliphatic rings. The second-order valence-corrected chi connectivity index (χ2v) is 4.11. The van der Waals surface area contributed by atoms with Gasteiger partial charge in [-0.25, -0.2) is 4.79 Å². The molecule has 1 aromatic heterocycles. The third-order valence-electron chi connectivity index (χ3n) is 2.21. The fourth-order valence-corrected chi connectivity index (χ4v) is 2.08. The summed E-state index contributed by atoms with van der Waals surface area (Å²) in [5, 5.41) is 0.703. The van der Waals surface area contributed by atoms with Gasteiger partial charge in [0.05, 0.1) is 13.7 Å². The Kier molecular flexibility index (Phi) is 5.17. The molecule has 0 spiro atoms. The number of nitrogens with two attached hydrogens (primary N) is 1. The van der Waals surface area contributed by atoms with Gasteiger partial charge in [-0.1, -0.05) is 0 Å². The standard InChI is InChI=1S/C10H17N3O3S/c1-4-16-6-5-13(2)9-7(10(14)15-3)8(11)12-17-9/h4-6H2,1-3H3,(H2,11,12). The number of anilines is 2. The molecule has 96 valence electrons. The molecule has 2 N–H and O–H groups in total. The van der Waals surface area contributed by atoms with E-state index in [1.54, 1.807) is 0 Å². The van der Waals surface area contributed by atoms with Crippen LogP contribution in [0.1, 0.15) is 17.3 Å². The van der Waals surface area contributed by atoms with Gasteiger partial charge in [0.25, 0.3) is 0 Å². The van der Waals surface area contributed by atoms with Crippen LogP contribution in [-0.2, 0) is 9.47 Å². The minimum Gasteiger partial charge on any atom is -0.465 e. The molecule has 0 radical (unpaired) electrons. The van der Waals surface area contributed by atoms with Crippen molar-refractivity contribution in [3.8, 4) is 0 Å². The van der Waals surface area contributed by atoms with Crippen LogP contribution >= 0.6 is 11.5 Å². The lowest BCUT2D eigenvalue weighted by Gasteiger charge is -2.17. The molecule has 17 heavy (non-hydrogen) atoms. The number of methoxy groups -OCH3 is 1. The van der Waals surface area contributed by atoms with Crippen LogP contribution in [0, 0.1) is 0 Å². The number of hydrogen-bond acceptors (Lipinski definition) is 7. The van der Waals surface area contributed by atoms with Gasteiger partial charge in [-0.3, -0.25) is 0 Å². The highest BCUT2D eigenvalue weighted by atomic mass is 32.1. The number of ether oxygens (including phenoxy) is 2. The molecule has 0 saturated heterocycles. The first kappa shape index (κ1) is 13.7. The van der Waals surface area contributed by atoms with Gasteiger partial charge < -0.3 is 20.1 Å². The fraction of sp³-hybridized carbons (Fsp3) is 0.600. The van der Waals surface area contributed by atoms with Crippen molar-refractivity contribution in [2.45, 2.75) is 6.92 Å². The second kappa shape index (κ2) is 6.41. The van der Waals surface area contributed by atoms with Gasteiger partial charge in [0.2, 0.25) is 0 Å². The van der Waals surface area contributed by atoms with Crippen LogP contribution in [0.2, 0.25) is 0 Å². The third-order valence-corrected chi connectivity index (χ3v) is 3.19. The summed E-state index contributed by atoms with van der Waals surface area (Å²) in [4.78, 5) is 13.4. The Morgan fingerprint density at radius 3 is 2.88 bits per heavy atom. The number of nitrogens with zero attached hydrogens (tertiary/aromatic N) is 2. The molecular formula is C10H17N3O3S. The lowest BCUT2D eigenvalue weighted by molar-refractivity contribution is 0.0603. The SMILES string of the molecule is CCOCCN(C)c1snc(N)c1C(=O)OC. The Morgan fingerprint density at radius 2 is 2.29 bits per heavy atom. The van der Waals surface area contributed by atoms with Gasteiger partial charge in [0.15, 0.2) is 5.82 Å². The average Bonchev–Trinajstić information content (AvgIpc) is 2.70. The molecule has 7 heteroatoms. The largest absolute Gasteiger partial charge is 0.465 e. The van der Waals surface area contributed by atoms with Crippen molar-refractivity contribution in [3.63, 3.8) is 0 Å². The lowest BCUT2D eigenvalue weighted by Crippen LogP contribution is -2.23. The summed E-state index contributed by atoms with van der Waals surface area (Å²) in [6.07, 6.45) is 0. The van der Waals surface area contributed by atoms with E-state index < -0.39 is 5.97 Å². The van der Waals surface area contributed by atoms with Gasteiger partial charge in [-0.05, 0) is 18.5 Å². The summed E-state index contributed by atoms with van der Waals surface area (Å²) in [6.45, 7) is 3.86. The van der Waals surface area contributed by atoms with Crippen LogP contribution in [0.5, 0.6) is 0 Å². The molecule has 0 aliphatic heterocycles. The molecule has 0 bridgehead atoms. The van der Waals surface area contributed by atoms with Crippen molar-refractivity contribution in [1.29, 1.82) is 0 Å². The summed E-state index contributed by atoms with van der Waals surface area (Å²) in [5.41, 5.74) is 5.98. The summed E-state index contributed by atoms with van der Waals surface area (Å²) in [7, 11) is 3.18. The molecule has 1 rings (SSSR count). The van der Waals surface area contributed by atoms with E-state index in [1.807, 2.05) is 18.9 Å². The van der Waals surface area contributed by atoms with Crippen molar-refractivity contribution < 1.29 is 14.3 Å². The third kappa shape index (κ3) is 3.31. The minimum atomic E-state index is -0.463. The predicted molar refractivity (Wildman–Crippen MR) is 67.6 cm³/mol. The number of nitrogen functional groups attached to an aromatic ring is 1. The highest BCUT2D eigenvalue weighted by Crippen LogP contribution is 2.30. The first-order valence-electron chi connectivity index (χ1n) is 5.24. The highest BCUT2D eigenvalue weighted by molar-refractivity contribution is 7.11. The number of aromatic nitrogens is 1. The van der Waals surface area contributed by atoms with Crippen LogP contribution in [0.25, 0.3) is 0 Å². The quantitative estimate of drug-likeness (QED) is 0.606. The summed E-state index contributed by atoms with van der Waals surface area (Å²) < 4.78 is 13.9. The number of carbonyl (C=O) groups excluding carboxylic acids is 1. The van der Waals surface area contributed by atoms with E-state index in [0.717, 1.165) is 0 Å². The van der Waals surface area contributed by atoms with E-state index in [0.29, 0.717) is 30.3 Å². The molecule has 1 heterocycles. The maximum Gasteiger partial charge on any atom is 0.344 e. The fourth-order valence-electron chi connectivity index (χ4n) is 1.30. The molecule has 0 aliphatic carbocycles. The lowest BCUT2D eigenvalue weighted by atomic mass is 10.3. The maximum atomic E-state index is 11.6. The van der Waals surface area contributed by atoms with E-state index >= 15 is 0 Å². The van der Waals surface area contributed by atoms with Crippen molar-refractivity contribution in [1.82, 2.24) is 4.37 Å². The van der Waals surface area contributed by atoms with Crippen LogP contribution in [-0.4, -0.2) is 44.3 Å². The van der Waals surface area contributed by atoms with Crippen molar-refractivity contribution in [3.05, 3.63) is 5.56 Å². The number of carbonyl (C=O) groups is 1. The van der Waals surface area contributed by atoms with Gasteiger partial charge in [-0.2, -0.15) is 4.37 Å². The van der Waals surface area contributed by atoms with Crippen molar-refractivity contribution in [2.75, 3.05) is 44.5 Å². The molecule has 6 nitrogen and oxygen atoms in total. The Hall–Kier alpha value is -1.34. The first-order valence-corrected chi connectivity index (χ1v) is 6.01. The Labute approximate surface area is 104 Å². The maximum absolute atomic E-state index is 11.6. The zero-order valence-electron chi connectivity index (χ0n) is 10.2. The molecule has 0 atom stereocenters. The van der Waals surface area contributed by atoms with Crippen LogP contribution < -0.4 is 10.6 Å². The minimum absolute atomic E-state index is 0.208. The van der Waals surface area contributed by atoms with E-state index in [-0.39, 0.29) is 5.82 Å². The molecule has 0 saturated carbocycles. The van der Waals surface area contributed by atoms with Gasteiger partial charge in [-0.15, -0.1) is 0 Å². The van der Waals surface area contributed by atoms with E-state index in [9.17, 15) is 4.79 Å². The normalized spacial score (nSPS) is 10.3. The number of esters is 1. The van der Waals surface area contributed by atoms with Gasteiger partial charge >= 0.3 is 5.97 Å². The molecule has 0 aromatic carbocycles. The summed E-state index contributed by atoms with van der Waals surface area (Å²) in [5.74, 6) is -0.255. The van der Waals surface area contributed by atoms with Crippen molar-refractivity contribution >= 4 is 28.3 Å². The number of likely N-dealkylation sites (N-methyl/N-ethyl adjacent to an activating group) is 1. The zero-order valence-corrected chi connectivity index (χ0v) is 11.0. The number of rotatable bonds is 6.